The van der Waals surface area contributed by atoms with Crippen LogP contribution < -0.4 is 0 Å². The van der Waals surface area contributed by atoms with E-state index in [-0.39, 0.29) is 70.6 Å². The van der Waals surface area contributed by atoms with Crippen molar-refractivity contribution in [2.24, 2.45) is 0 Å². The number of unbranched alkanes of at least 4 members (excludes halogenated alkanes) is 8. The number of hydrogen-bond donors (Lipinski definition) is 3. The maximum atomic E-state index is 11.3. The van der Waals surface area contributed by atoms with Crippen LogP contribution in [0.1, 0.15) is 78.1 Å². The van der Waals surface area contributed by atoms with Crippen LogP contribution >= 0.6 is 0 Å². The molecule has 0 saturated carbocycles. The number of hydrogen-bond acceptors (Lipinski definition) is 5. The van der Waals surface area contributed by atoms with Crippen LogP contribution in [0.2, 0.25) is 0 Å². The average Bonchev–Trinajstić information content (AvgIpc) is 2.65. The standard InChI is InChI=1S/C15H30O4.C6H8O2.K.H/c1-2-3-4-5-6-7-8-9-10-11-15(18)19-13-14(17)12-16;1-2-3-4-5-6(7)8;;/h14,16-17H,2-13H2,1H3;2-5H,1H3,(H,7,8);;/b;3-2+,5-4+;;. The van der Waals surface area contributed by atoms with Gasteiger partial charge in [0.15, 0.2) is 0 Å². The minimum atomic E-state index is -0.952. The first-order valence-corrected chi connectivity index (χ1v) is 9.94. The van der Waals surface area contributed by atoms with Crippen molar-refractivity contribution in [1.82, 2.24) is 0 Å². The topological polar surface area (TPSA) is 104 Å². The first-order valence-electron chi connectivity index (χ1n) is 9.94. The average molecular weight is 427 g/mol. The normalized spacial score (nSPS) is 11.6. The number of aliphatic hydroxyl groups excluding tert-OH is 2. The van der Waals surface area contributed by atoms with Crippen molar-refractivity contribution in [3.05, 3.63) is 24.3 Å². The van der Waals surface area contributed by atoms with E-state index in [1.54, 1.807) is 12.2 Å². The summed E-state index contributed by atoms with van der Waals surface area (Å²) < 4.78 is 4.82. The van der Waals surface area contributed by atoms with E-state index in [2.05, 4.69) is 6.92 Å². The zero-order valence-corrected chi connectivity index (χ0v) is 16.9. The molecular formula is C21H39KO6. The number of aliphatic carboxylic acids is 1. The molecule has 0 aliphatic heterocycles. The molecule has 1 atom stereocenters. The molecule has 6 nitrogen and oxygen atoms in total. The van der Waals surface area contributed by atoms with Crippen LogP contribution in [0.3, 0.4) is 0 Å². The van der Waals surface area contributed by atoms with Crippen LogP contribution in [0.15, 0.2) is 24.3 Å². The zero-order chi connectivity index (χ0) is 20.8. The van der Waals surface area contributed by atoms with Crippen molar-refractivity contribution in [3.8, 4) is 0 Å². The summed E-state index contributed by atoms with van der Waals surface area (Å²) in [5, 5.41) is 25.6. The Bertz CT molecular complexity index is 410. The fourth-order valence-corrected chi connectivity index (χ4v) is 2.14. The van der Waals surface area contributed by atoms with Crippen molar-refractivity contribution in [1.29, 1.82) is 0 Å². The van der Waals surface area contributed by atoms with Crippen molar-refractivity contribution < 1.29 is 29.6 Å². The first-order chi connectivity index (χ1) is 13.0. The van der Waals surface area contributed by atoms with E-state index in [1.807, 2.05) is 6.92 Å². The van der Waals surface area contributed by atoms with E-state index in [0.29, 0.717) is 6.42 Å². The van der Waals surface area contributed by atoms with Gasteiger partial charge in [-0.05, 0) is 13.3 Å². The van der Waals surface area contributed by atoms with Crippen LogP contribution in [0.5, 0.6) is 0 Å². The monoisotopic (exact) mass is 426 g/mol. The van der Waals surface area contributed by atoms with E-state index in [0.717, 1.165) is 18.9 Å². The summed E-state index contributed by atoms with van der Waals surface area (Å²) in [6, 6.07) is 0. The Balaban J connectivity index is -0.000000587. The summed E-state index contributed by atoms with van der Waals surface area (Å²) in [6.45, 7) is 3.57. The molecule has 0 aromatic carbocycles. The molecule has 0 fully saturated rings. The Morgan fingerprint density at radius 1 is 0.964 bits per heavy atom. The summed E-state index contributed by atoms with van der Waals surface area (Å²) in [6.07, 6.45) is 16.4. The van der Waals surface area contributed by atoms with Gasteiger partial charge in [0, 0.05) is 12.5 Å². The van der Waals surface area contributed by atoms with Gasteiger partial charge in [-0.15, -0.1) is 0 Å². The van der Waals surface area contributed by atoms with E-state index in [1.165, 1.54) is 51.0 Å². The third-order valence-electron chi connectivity index (χ3n) is 3.67. The van der Waals surface area contributed by atoms with Gasteiger partial charge in [-0.2, -0.15) is 0 Å². The molecular weight excluding hydrogens is 387 g/mol. The first kappa shape index (κ1) is 32.6. The molecule has 7 heteroatoms. The van der Waals surface area contributed by atoms with Crippen LogP contribution in [0.4, 0.5) is 0 Å². The number of esters is 1. The number of carboxylic acid groups (broad SMARTS) is 1. The van der Waals surface area contributed by atoms with Gasteiger partial charge >= 0.3 is 63.3 Å². The maximum absolute atomic E-state index is 11.3. The minimum absolute atomic E-state index is 0. The molecule has 0 rings (SSSR count). The van der Waals surface area contributed by atoms with Crippen LogP contribution in [0, 0.1) is 0 Å². The van der Waals surface area contributed by atoms with Gasteiger partial charge in [0.2, 0.25) is 0 Å². The molecule has 28 heavy (non-hydrogen) atoms. The Morgan fingerprint density at radius 3 is 1.96 bits per heavy atom. The van der Waals surface area contributed by atoms with E-state index in [4.69, 9.17) is 20.1 Å². The Hall–Kier alpha value is -0.0236. The number of ether oxygens (including phenoxy) is 1. The van der Waals surface area contributed by atoms with E-state index < -0.39 is 12.1 Å². The number of aliphatic hydroxyl groups is 2. The Morgan fingerprint density at radius 2 is 1.50 bits per heavy atom. The van der Waals surface area contributed by atoms with Crippen LogP contribution in [-0.2, 0) is 14.3 Å². The van der Waals surface area contributed by atoms with Gasteiger partial charge in [0.05, 0.1) is 6.61 Å². The summed E-state index contributed by atoms with van der Waals surface area (Å²) in [5.41, 5.74) is 0. The molecule has 0 radical (unpaired) electrons. The van der Waals surface area contributed by atoms with Gasteiger partial charge in [0.25, 0.3) is 0 Å². The molecule has 160 valence electrons. The molecule has 0 aromatic heterocycles. The van der Waals surface area contributed by atoms with Crippen molar-refractivity contribution in [3.63, 3.8) is 0 Å². The summed E-state index contributed by atoms with van der Waals surface area (Å²) >= 11 is 0. The third kappa shape index (κ3) is 30.7. The van der Waals surface area contributed by atoms with Gasteiger partial charge in [0.1, 0.15) is 12.7 Å². The number of carbonyl (C=O) groups is 2. The second-order valence-corrected chi connectivity index (χ2v) is 6.32. The SMILES string of the molecule is C/C=C/C=C/C(=O)O.CCCCCCCCCCCC(=O)OCC(O)CO.[KH]. The fourth-order valence-electron chi connectivity index (χ4n) is 2.14. The molecule has 0 saturated heterocycles. The predicted octanol–water partition coefficient (Wildman–Crippen LogP) is 3.36. The number of allylic oxidation sites excluding steroid dienone is 3. The molecule has 0 amide bonds. The summed E-state index contributed by atoms with van der Waals surface area (Å²) in [4.78, 5) is 21.0. The molecule has 1 unspecified atom stereocenters. The number of rotatable bonds is 15. The van der Waals surface area contributed by atoms with Gasteiger partial charge in [-0.25, -0.2) is 4.79 Å². The molecule has 0 heterocycles. The van der Waals surface area contributed by atoms with Gasteiger partial charge in [-0.3, -0.25) is 4.79 Å². The third-order valence-corrected chi connectivity index (χ3v) is 3.67. The fraction of sp³-hybridized carbons (Fsp3) is 0.714. The predicted molar refractivity (Wildman–Crippen MR) is 115 cm³/mol. The molecule has 0 aromatic rings. The van der Waals surface area contributed by atoms with Gasteiger partial charge in [-0.1, -0.05) is 76.5 Å². The number of carboxylic acids is 1. The molecule has 0 aliphatic rings. The Labute approximate surface area is 212 Å². The second-order valence-electron chi connectivity index (χ2n) is 6.32. The van der Waals surface area contributed by atoms with Crippen molar-refractivity contribution >= 4 is 63.3 Å². The quantitative estimate of drug-likeness (QED) is 0.122. The zero-order valence-electron chi connectivity index (χ0n) is 16.9. The molecule has 0 aliphatic carbocycles. The summed E-state index contributed by atoms with van der Waals surface area (Å²) in [7, 11) is 0. The van der Waals surface area contributed by atoms with E-state index in [9.17, 15) is 9.59 Å². The Kier molecular flexibility index (Phi) is 31.4. The molecule has 3 N–H and O–H groups in total. The molecule has 0 bridgehead atoms. The van der Waals surface area contributed by atoms with E-state index >= 15 is 0 Å². The van der Waals surface area contributed by atoms with Crippen molar-refractivity contribution in [2.45, 2.75) is 84.2 Å². The van der Waals surface area contributed by atoms with Crippen LogP contribution in [0.25, 0.3) is 0 Å². The second kappa shape index (κ2) is 27.0. The van der Waals surface area contributed by atoms with Crippen molar-refractivity contribution in [2.75, 3.05) is 13.2 Å². The van der Waals surface area contributed by atoms with Crippen LogP contribution in [-0.4, -0.2) is 98.0 Å². The molecule has 0 spiro atoms. The number of carbonyl (C=O) groups excluding carboxylic acids is 1. The summed E-state index contributed by atoms with van der Waals surface area (Å²) in [5.74, 6) is -1.20. The van der Waals surface area contributed by atoms with Gasteiger partial charge < -0.3 is 20.1 Å².